The van der Waals surface area contributed by atoms with E-state index >= 15 is 0 Å². The molecule has 0 spiro atoms. The van der Waals surface area contributed by atoms with Crippen LogP contribution in [0, 0.1) is 0 Å². The standard InChI is InChI=1S/C10H16N2O4S/c13-9-4-3-8(10(14)12-9)11-7-2-1-5-17(15,16)6-7/h7-8,11H,1-6H2,(H,12,13,14). The number of rotatable bonds is 2. The van der Waals surface area contributed by atoms with Gasteiger partial charge in [-0.2, -0.15) is 0 Å². The van der Waals surface area contributed by atoms with Gasteiger partial charge in [-0.1, -0.05) is 0 Å². The minimum Gasteiger partial charge on any atom is -0.302 e. The molecule has 0 saturated carbocycles. The lowest BCUT2D eigenvalue weighted by molar-refractivity contribution is -0.134. The molecule has 2 fully saturated rings. The third-order valence-electron chi connectivity index (χ3n) is 3.14. The summed E-state index contributed by atoms with van der Waals surface area (Å²) in [6.45, 7) is 0. The lowest BCUT2D eigenvalue weighted by Crippen LogP contribution is -2.55. The third kappa shape index (κ3) is 3.26. The Kier molecular flexibility index (Phi) is 3.48. The van der Waals surface area contributed by atoms with Crippen molar-refractivity contribution in [3.05, 3.63) is 0 Å². The molecule has 0 aromatic rings. The van der Waals surface area contributed by atoms with Crippen molar-refractivity contribution in [2.45, 2.75) is 37.8 Å². The summed E-state index contributed by atoms with van der Waals surface area (Å²) in [6.07, 6.45) is 2.15. The molecule has 2 heterocycles. The number of piperidine rings is 1. The first-order chi connectivity index (χ1) is 7.96. The molecule has 0 aliphatic carbocycles. The molecule has 2 rings (SSSR count). The van der Waals surface area contributed by atoms with Crippen LogP contribution in [0.5, 0.6) is 0 Å². The highest BCUT2D eigenvalue weighted by molar-refractivity contribution is 7.91. The highest BCUT2D eigenvalue weighted by atomic mass is 32.2. The molecular weight excluding hydrogens is 244 g/mol. The summed E-state index contributed by atoms with van der Waals surface area (Å²) in [5.41, 5.74) is 0. The molecule has 0 aromatic carbocycles. The van der Waals surface area contributed by atoms with Crippen molar-refractivity contribution < 1.29 is 18.0 Å². The number of carbonyl (C=O) groups excluding carboxylic acids is 2. The lowest BCUT2D eigenvalue weighted by atomic mass is 10.0. The molecule has 0 radical (unpaired) electrons. The zero-order valence-electron chi connectivity index (χ0n) is 9.44. The van der Waals surface area contributed by atoms with Crippen LogP contribution < -0.4 is 10.6 Å². The molecule has 2 atom stereocenters. The predicted molar refractivity (Wildman–Crippen MR) is 61.0 cm³/mol. The van der Waals surface area contributed by atoms with E-state index in [1.165, 1.54) is 0 Å². The van der Waals surface area contributed by atoms with Gasteiger partial charge in [0.25, 0.3) is 0 Å². The third-order valence-corrected chi connectivity index (χ3v) is 4.96. The van der Waals surface area contributed by atoms with Crippen molar-refractivity contribution in [3.8, 4) is 0 Å². The minimum atomic E-state index is -2.97. The SMILES string of the molecule is O=C1CCC(NC2CCCS(=O)(=O)C2)C(=O)N1. The molecule has 2 amide bonds. The van der Waals surface area contributed by atoms with Crippen LogP contribution in [0.4, 0.5) is 0 Å². The van der Waals surface area contributed by atoms with Crippen LogP contribution in [0.25, 0.3) is 0 Å². The van der Waals surface area contributed by atoms with Gasteiger partial charge in [0.1, 0.15) is 0 Å². The van der Waals surface area contributed by atoms with Gasteiger partial charge in [0, 0.05) is 12.5 Å². The van der Waals surface area contributed by atoms with Crippen LogP contribution in [0.2, 0.25) is 0 Å². The average molecular weight is 260 g/mol. The lowest BCUT2D eigenvalue weighted by Gasteiger charge is -2.29. The van der Waals surface area contributed by atoms with E-state index in [4.69, 9.17) is 0 Å². The van der Waals surface area contributed by atoms with Gasteiger partial charge in [-0.25, -0.2) is 8.42 Å². The Balaban J connectivity index is 1.92. The normalized spacial score (nSPS) is 33.2. The molecule has 2 unspecified atom stereocenters. The quantitative estimate of drug-likeness (QED) is 0.619. The van der Waals surface area contributed by atoms with Gasteiger partial charge < -0.3 is 5.32 Å². The maximum Gasteiger partial charge on any atom is 0.243 e. The molecule has 17 heavy (non-hydrogen) atoms. The highest BCUT2D eigenvalue weighted by Gasteiger charge is 2.31. The van der Waals surface area contributed by atoms with E-state index in [2.05, 4.69) is 10.6 Å². The van der Waals surface area contributed by atoms with Gasteiger partial charge in [-0.15, -0.1) is 0 Å². The summed E-state index contributed by atoms with van der Waals surface area (Å²) < 4.78 is 22.9. The van der Waals surface area contributed by atoms with Gasteiger partial charge in [0.2, 0.25) is 11.8 Å². The largest absolute Gasteiger partial charge is 0.302 e. The second-order valence-corrected chi connectivity index (χ2v) is 6.85. The Morgan fingerprint density at radius 3 is 2.65 bits per heavy atom. The maximum atomic E-state index is 11.5. The van der Waals surface area contributed by atoms with Crippen molar-refractivity contribution in [3.63, 3.8) is 0 Å². The highest BCUT2D eigenvalue weighted by Crippen LogP contribution is 2.14. The van der Waals surface area contributed by atoms with Crippen molar-refractivity contribution in [2.24, 2.45) is 0 Å². The van der Waals surface area contributed by atoms with Gasteiger partial charge >= 0.3 is 0 Å². The predicted octanol–water partition coefficient (Wildman–Crippen LogP) is -1.04. The molecule has 6 nitrogen and oxygen atoms in total. The van der Waals surface area contributed by atoms with Gasteiger partial charge in [0.05, 0.1) is 17.5 Å². The van der Waals surface area contributed by atoms with Crippen molar-refractivity contribution in [1.29, 1.82) is 0 Å². The van der Waals surface area contributed by atoms with E-state index in [1.807, 2.05) is 0 Å². The monoisotopic (exact) mass is 260 g/mol. The van der Waals surface area contributed by atoms with Crippen molar-refractivity contribution in [1.82, 2.24) is 10.6 Å². The molecule has 2 aliphatic heterocycles. The average Bonchev–Trinajstić information content (AvgIpc) is 2.21. The van der Waals surface area contributed by atoms with E-state index < -0.39 is 15.9 Å². The van der Waals surface area contributed by atoms with E-state index in [-0.39, 0.29) is 29.4 Å². The number of amides is 2. The van der Waals surface area contributed by atoms with E-state index in [9.17, 15) is 18.0 Å². The number of imide groups is 1. The summed E-state index contributed by atoms with van der Waals surface area (Å²) in [5, 5.41) is 5.29. The first-order valence-corrected chi connectivity index (χ1v) is 7.58. The second kappa shape index (κ2) is 4.73. The summed E-state index contributed by atoms with van der Waals surface area (Å²) in [6, 6.07) is -0.608. The summed E-state index contributed by atoms with van der Waals surface area (Å²) in [5.74, 6) is -0.279. The van der Waals surface area contributed by atoms with Crippen LogP contribution in [-0.4, -0.2) is 43.8 Å². The molecule has 7 heteroatoms. The molecule has 96 valence electrons. The number of hydrogen-bond donors (Lipinski definition) is 2. The van der Waals surface area contributed by atoms with Crippen LogP contribution in [0.1, 0.15) is 25.7 Å². The maximum absolute atomic E-state index is 11.5. The fraction of sp³-hybridized carbons (Fsp3) is 0.800. The second-order valence-electron chi connectivity index (χ2n) is 4.62. The van der Waals surface area contributed by atoms with E-state index in [0.29, 0.717) is 19.3 Å². The number of nitrogens with one attached hydrogen (secondary N) is 2. The molecule has 2 N–H and O–H groups in total. The molecule has 0 aromatic heterocycles. The molecule has 2 aliphatic rings. The fourth-order valence-electron chi connectivity index (χ4n) is 2.29. The zero-order chi connectivity index (χ0) is 12.5. The number of carbonyl (C=O) groups is 2. The summed E-state index contributed by atoms with van der Waals surface area (Å²) in [4.78, 5) is 22.5. The summed E-state index contributed by atoms with van der Waals surface area (Å²) in [7, 11) is -2.97. The van der Waals surface area contributed by atoms with E-state index in [0.717, 1.165) is 6.42 Å². The van der Waals surface area contributed by atoms with Crippen LogP contribution >= 0.6 is 0 Å². The van der Waals surface area contributed by atoms with Crippen molar-refractivity contribution >= 4 is 21.7 Å². The van der Waals surface area contributed by atoms with Crippen LogP contribution in [0.15, 0.2) is 0 Å². The van der Waals surface area contributed by atoms with Crippen LogP contribution in [0.3, 0.4) is 0 Å². The Bertz CT molecular complexity index is 432. The first-order valence-electron chi connectivity index (χ1n) is 5.76. The number of sulfone groups is 1. The smallest absolute Gasteiger partial charge is 0.243 e. The van der Waals surface area contributed by atoms with Crippen LogP contribution in [-0.2, 0) is 19.4 Å². The first kappa shape index (κ1) is 12.5. The van der Waals surface area contributed by atoms with Gasteiger partial charge in [0.15, 0.2) is 9.84 Å². The fourth-order valence-corrected chi connectivity index (χ4v) is 3.94. The Morgan fingerprint density at radius 1 is 1.24 bits per heavy atom. The molecular formula is C10H16N2O4S. The topological polar surface area (TPSA) is 92.3 Å². The van der Waals surface area contributed by atoms with Gasteiger partial charge in [-0.3, -0.25) is 14.9 Å². The zero-order valence-corrected chi connectivity index (χ0v) is 10.3. The van der Waals surface area contributed by atoms with Crippen molar-refractivity contribution in [2.75, 3.05) is 11.5 Å². The van der Waals surface area contributed by atoms with Gasteiger partial charge in [-0.05, 0) is 19.3 Å². The molecule has 2 saturated heterocycles. The minimum absolute atomic E-state index is 0.0880. The number of hydrogen-bond acceptors (Lipinski definition) is 5. The van der Waals surface area contributed by atoms with E-state index in [1.54, 1.807) is 0 Å². The summed E-state index contributed by atoms with van der Waals surface area (Å²) >= 11 is 0. The Labute approximate surface area is 100 Å². The Hall–Kier alpha value is -0.950. The Morgan fingerprint density at radius 2 is 2.00 bits per heavy atom. The molecule has 0 bridgehead atoms.